The molecule has 7 nitrogen and oxygen atoms in total. The largest absolute Gasteiger partial charge is 0.416 e. The van der Waals surface area contributed by atoms with Crippen LogP contribution in [0, 0.1) is 0 Å². The fraction of sp³-hybridized carbons (Fsp3) is 0.286. The number of piperazine rings is 1. The lowest BCUT2D eigenvalue weighted by Crippen LogP contribution is -2.57. The van der Waals surface area contributed by atoms with Gasteiger partial charge in [-0.05, 0) is 36.3 Å². The van der Waals surface area contributed by atoms with Gasteiger partial charge in [0.25, 0.3) is 5.91 Å². The maximum Gasteiger partial charge on any atom is 0.416 e. The topological polar surface area (TPSA) is 82.6 Å². The van der Waals surface area contributed by atoms with Crippen molar-refractivity contribution >= 4 is 40.3 Å². The summed E-state index contributed by atoms with van der Waals surface area (Å²) in [5.74, 6) is -1.72. The van der Waals surface area contributed by atoms with Crippen LogP contribution >= 0.6 is 11.3 Å². The molecule has 1 aliphatic heterocycles. The summed E-state index contributed by atoms with van der Waals surface area (Å²) < 4.78 is 80.6. The Bertz CT molecular complexity index is 1450. The molecular weight excluding hydrogens is 586 g/mol. The minimum Gasteiger partial charge on any atom is -0.335 e. The van der Waals surface area contributed by atoms with Crippen molar-refractivity contribution in [3.8, 4) is 0 Å². The van der Waals surface area contributed by atoms with E-state index in [1.54, 1.807) is 35.7 Å². The summed E-state index contributed by atoms with van der Waals surface area (Å²) in [5.41, 5.74) is -2.71. The highest BCUT2D eigenvalue weighted by Gasteiger charge is 2.39. The number of amides is 3. The van der Waals surface area contributed by atoms with E-state index in [1.165, 1.54) is 40.2 Å². The van der Waals surface area contributed by atoms with Crippen LogP contribution in [0.5, 0.6) is 0 Å². The number of aromatic nitrogens is 1. The smallest absolute Gasteiger partial charge is 0.335 e. The molecular formula is C28H24F6N4O3S. The molecule has 2 aromatic carbocycles. The highest BCUT2D eigenvalue weighted by molar-refractivity contribution is 7.14. The normalized spacial score (nSPS) is 16.1. The number of hydrogen-bond acceptors (Lipinski definition) is 5. The molecule has 1 aliphatic rings. The molecule has 2 heterocycles. The van der Waals surface area contributed by atoms with Crippen molar-refractivity contribution in [3.05, 3.63) is 87.9 Å². The summed E-state index contributed by atoms with van der Waals surface area (Å²) >= 11 is 1.17. The molecule has 0 unspecified atom stereocenters. The minimum atomic E-state index is -5.10. The van der Waals surface area contributed by atoms with Crippen LogP contribution in [0.1, 0.15) is 39.7 Å². The second kappa shape index (κ2) is 12.3. The first kappa shape index (κ1) is 30.8. The summed E-state index contributed by atoms with van der Waals surface area (Å²) in [5, 5.41) is 4.52. The summed E-state index contributed by atoms with van der Waals surface area (Å²) in [6.07, 6.45) is -7.27. The molecule has 42 heavy (non-hydrogen) atoms. The Balaban J connectivity index is 1.59. The van der Waals surface area contributed by atoms with Gasteiger partial charge in [0, 0.05) is 43.6 Å². The zero-order chi connectivity index (χ0) is 30.7. The third-order valence-electron chi connectivity index (χ3n) is 6.41. The standard InChI is InChI=1S/C28H24F6N4O3S/c1-17(39)35-26-36-22(16-42-26)7-8-24(40)37-9-10-38(23(15-37)11-18-5-3-2-4-6-18)25(41)19-12-20(27(29,30)31)14-21(13-19)28(32,33)34/h2-8,12-14,16,23H,9-11,15H2,1H3,(H,35,36,39)/b8-7+/t23-/m1/s1. The highest BCUT2D eigenvalue weighted by Crippen LogP contribution is 2.37. The number of hydrogen-bond donors (Lipinski definition) is 1. The van der Waals surface area contributed by atoms with Crippen molar-refractivity contribution in [2.75, 3.05) is 25.0 Å². The van der Waals surface area contributed by atoms with Crippen LogP contribution in [0.3, 0.4) is 0 Å². The van der Waals surface area contributed by atoms with Crippen LogP contribution < -0.4 is 5.32 Å². The van der Waals surface area contributed by atoms with Gasteiger partial charge >= 0.3 is 12.4 Å². The van der Waals surface area contributed by atoms with E-state index in [0.29, 0.717) is 23.0 Å². The van der Waals surface area contributed by atoms with Gasteiger partial charge in [-0.1, -0.05) is 30.3 Å². The lowest BCUT2D eigenvalue weighted by atomic mass is 9.99. The first-order valence-electron chi connectivity index (χ1n) is 12.5. The van der Waals surface area contributed by atoms with E-state index in [1.807, 2.05) is 0 Å². The Hall–Kier alpha value is -4.20. The number of carbonyl (C=O) groups excluding carboxylic acids is 3. The highest BCUT2D eigenvalue weighted by atomic mass is 32.1. The summed E-state index contributed by atoms with van der Waals surface area (Å²) in [6.45, 7) is 1.21. The number of thiazole rings is 1. The zero-order valence-corrected chi connectivity index (χ0v) is 22.8. The van der Waals surface area contributed by atoms with Crippen LogP contribution in [0.15, 0.2) is 60.0 Å². The van der Waals surface area contributed by atoms with Gasteiger partial charge in [0.15, 0.2) is 5.13 Å². The maximum atomic E-state index is 13.5. The van der Waals surface area contributed by atoms with Crippen molar-refractivity contribution in [2.45, 2.75) is 31.7 Å². The second-order valence-corrected chi connectivity index (χ2v) is 10.4. The summed E-state index contributed by atoms with van der Waals surface area (Å²) in [6, 6.07) is 8.88. The predicted octanol–water partition coefficient (Wildman–Crippen LogP) is 5.75. The molecule has 222 valence electrons. The Morgan fingerprint density at radius 3 is 2.24 bits per heavy atom. The second-order valence-electron chi connectivity index (χ2n) is 9.51. The molecule has 14 heteroatoms. The molecule has 0 saturated carbocycles. The molecule has 4 rings (SSSR count). The Morgan fingerprint density at radius 2 is 1.64 bits per heavy atom. The van der Waals surface area contributed by atoms with Gasteiger partial charge in [-0.25, -0.2) is 4.98 Å². The molecule has 1 atom stereocenters. The van der Waals surface area contributed by atoms with Crippen LogP contribution in [-0.4, -0.2) is 58.2 Å². The van der Waals surface area contributed by atoms with E-state index < -0.39 is 46.9 Å². The van der Waals surface area contributed by atoms with E-state index >= 15 is 0 Å². The van der Waals surface area contributed by atoms with E-state index in [2.05, 4.69) is 10.3 Å². The molecule has 1 fully saturated rings. The Labute approximate surface area is 240 Å². The SMILES string of the molecule is CC(=O)Nc1nc(/C=C/C(=O)N2CCN(C(=O)c3cc(C(F)(F)F)cc(C(F)(F)F)c3)[C@H](Cc3ccccc3)C2)cs1. The fourth-order valence-corrected chi connectivity index (χ4v) is 5.19. The van der Waals surface area contributed by atoms with Crippen molar-refractivity contribution in [1.29, 1.82) is 0 Å². The third kappa shape index (κ3) is 7.75. The first-order chi connectivity index (χ1) is 19.7. The van der Waals surface area contributed by atoms with Crippen molar-refractivity contribution in [3.63, 3.8) is 0 Å². The molecule has 0 bridgehead atoms. The Morgan fingerprint density at radius 1 is 1.00 bits per heavy atom. The number of carbonyl (C=O) groups is 3. The van der Waals surface area contributed by atoms with E-state index in [-0.39, 0.29) is 38.0 Å². The fourth-order valence-electron chi connectivity index (χ4n) is 4.46. The molecule has 1 aromatic heterocycles. The minimum absolute atomic E-state index is 0.000496. The van der Waals surface area contributed by atoms with Crippen LogP contribution in [0.4, 0.5) is 31.5 Å². The summed E-state index contributed by atoms with van der Waals surface area (Å²) in [4.78, 5) is 44.5. The maximum absolute atomic E-state index is 13.5. The van der Waals surface area contributed by atoms with Gasteiger partial charge in [-0.2, -0.15) is 26.3 Å². The monoisotopic (exact) mass is 610 g/mol. The molecule has 0 spiro atoms. The summed E-state index contributed by atoms with van der Waals surface area (Å²) in [7, 11) is 0. The lowest BCUT2D eigenvalue weighted by molar-refractivity contribution is -0.143. The van der Waals surface area contributed by atoms with Crippen molar-refractivity contribution < 1.29 is 40.7 Å². The molecule has 0 aliphatic carbocycles. The molecule has 3 amide bonds. The van der Waals surface area contributed by atoms with Gasteiger partial charge in [0.1, 0.15) is 0 Å². The average molecular weight is 611 g/mol. The molecule has 0 radical (unpaired) electrons. The number of nitrogens with zero attached hydrogens (tertiary/aromatic N) is 3. The number of alkyl halides is 6. The third-order valence-corrected chi connectivity index (χ3v) is 7.18. The van der Waals surface area contributed by atoms with Gasteiger partial charge < -0.3 is 15.1 Å². The first-order valence-corrected chi connectivity index (χ1v) is 13.4. The molecule has 3 aromatic rings. The van der Waals surface area contributed by atoms with Gasteiger partial charge in [-0.3, -0.25) is 14.4 Å². The number of benzene rings is 2. The van der Waals surface area contributed by atoms with Crippen molar-refractivity contribution in [1.82, 2.24) is 14.8 Å². The van der Waals surface area contributed by atoms with Gasteiger partial charge in [0.05, 0.1) is 22.9 Å². The van der Waals surface area contributed by atoms with Crippen LogP contribution in [0.25, 0.3) is 6.08 Å². The number of anilines is 1. The number of rotatable bonds is 6. The quantitative estimate of drug-likeness (QED) is 0.285. The number of halogens is 6. The van der Waals surface area contributed by atoms with Gasteiger partial charge in [-0.15, -0.1) is 11.3 Å². The van der Waals surface area contributed by atoms with Crippen LogP contribution in [-0.2, 0) is 28.4 Å². The zero-order valence-electron chi connectivity index (χ0n) is 22.0. The van der Waals surface area contributed by atoms with Gasteiger partial charge in [0.2, 0.25) is 11.8 Å². The lowest BCUT2D eigenvalue weighted by Gasteiger charge is -2.41. The average Bonchev–Trinajstić information content (AvgIpc) is 3.37. The predicted molar refractivity (Wildman–Crippen MR) is 143 cm³/mol. The molecule has 1 N–H and O–H groups in total. The molecule has 1 saturated heterocycles. The van der Waals surface area contributed by atoms with E-state index in [0.717, 1.165) is 5.56 Å². The Kier molecular flexibility index (Phi) is 9.04. The van der Waals surface area contributed by atoms with E-state index in [4.69, 9.17) is 0 Å². The van der Waals surface area contributed by atoms with E-state index in [9.17, 15) is 40.7 Å². The number of nitrogens with one attached hydrogen (secondary N) is 1. The van der Waals surface area contributed by atoms with Crippen molar-refractivity contribution in [2.24, 2.45) is 0 Å². The van der Waals surface area contributed by atoms with Crippen LogP contribution in [0.2, 0.25) is 0 Å².